The van der Waals surface area contributed by atoms with Crippen molar-refractivity contribution >= 4 is 121 Å². The molecule has 29 nitrogen and oxygen atoms in total. The number of nitrogens with one attached hydrogen (secondary N) is 5. The van der Waals surface area contributed by atoms with Crippen LogP contribution in [0.25, 0.3) is 0 Å². The number of aromatic amines is 2. The van der Waals surface area contributed by atoms with Gasteiger partial charge in [-0.25, -0.2) is 19.8 Å². The van der Waals surface area contributed by atoms with Crippen molar-refractivity contribution in [3.8, 4) is 0 Å². The Morgan fingerprint density at radius 2 is 1.13 bits per heavy atom. The zero-order chi connectivity index (χ0) is 87.0. The van der Waals surface area contributed by atoms with Gasteiger partial charge in [-0.3, -0.25) is 39.4 Å². The van der Waals surface area contributed by atoms with Crippen LogP contribution in [0.1, 0.15) is 94.0 Å². The van der Waals surface area contributed by atoms with Crippen molar-refractivity contribution in [2.45, 2.75) is 64.4 Å². The standard InChI is InChI=1S/C23H24N2OS.C22H21BrN2O2.C16H21ClN8O.C16H20N6O3.C15H16N2O2S/c1-18-12-13-21(27-18)23(26)25-16-14-24(15-17-25)22(19-8-4-2-5-9-19)20-10-6-3-7-11-20;23-20-12-11-19(27-20)22(26)25-15-13-24(14-16-25)21(17-7-3-1-4-8-17)18-9-5-2-6-10-18;17-12-8-11(1-2-13(12)24-5-3-19-4-6-24)25-9-10(20-16(25)26)7-14-21-15(18)23-22-14;17-15-18-14(19-20-15)9-13-10-22(16(23)25-13)12-3-1-11(2-4-12)21-5-7-24-8-6-21;1-11-8-14(20-10-11)12(2)16-17-15(18)19-9-13-6-4-3-5-7-13/h2-13,22H,14-17H2,1H3;1-12,21H,13-16H2;1-2,8,10,19H,3-7,9H2,(H,20,26)(H3,18,21,22,23);1-4,13H,5-10H2,(H3,17,18,19,20);3-8,10H,9H2,1-2H3,(H,17,18)/b;;;;16-12+. The number of ether oxygens (including phenoxy) is 3. The summed E-state index contributed by atoms with van der Waals surface area (Å²) < 4.78 is 21.9. The molecule has 6 amide bonds. The maximum absolute atomic E-state index is 12.7. The lowest BCUT2D eigenvalue weighted by molar-refractivity contribution is 0.0565. The third-order valence-electron chi connectivity index (χ3n) is 21.8. The Morgan fingerprint density at radius 1 is 0.592 bits per heavy atom. The molecule has 6 aliphatic heterocycles. The first-order valence-electron chi connectivity index (χ1n) is 41.6. The number of carbonyl (C=O) groups is 5. The molecule has 650 valence electrons. The molecule has 33 heteroatoms. The van der Waals surface area contributed by atoms with Gasteiger partial charge < -0.3 is 60.3 Å². The summed E-state index contributed by atoms with van der Waals surface area (Å²) in [5, 5.41) is 26.1. The van der Waals surface area contributed by atoms with Crippen molar-refractivity contribution in [1.29, 1.82) is 0 Å². The molecule has 6 saturated heterocycles. The van der Waals surface area contributed by atoms with Crippen molar-refractivity contribution in [2.75, 3.05) is 149 Å². The number of nitrogens with two attached hydrogens (primary N) is 2. The van der Waals surface area contributed by atoms with Crippen LogP contribution in [0.3, 0.4) is 0 Å². The van der Waals surface area contributed by atoms with E-state index in [1.54, 1.807) is 44.6 Å². The zero-order valence-electron chi connectivity index (χ0n) is 69.8. The van der Waals surface area contributed by atoms with E-state index in [0.29, 0.717) is 66.1 Å². The maximum Gasteiger partial charge on any atom is 0.428 e. The number of rotatable bonds is 20. The fraction of sp³-hybridized carbons (Fsp3) is 0.304. The summed E-state index contributed by atoms with van der Waals surface area (Å²) >= 11 is 12.9. The van der Waals surface area contributed by atoms with Gasteiger partial charge in [-0.1, -0.05) is 163 Å². The van der Waals surface area contributed by atoms with Gasteiger partial charge >= 0.3 is 18.2 Å². The number of nitrogens with zero attached hydrogens (tertiary/aromatic N) is 13. The number of hydrogen-bond donors (Lipinski definition) is 7. The van der Waals surface area contributed by atoms with Crippen molar-refractivity contribution in [2.24, 2.45) is 5.10 Å². The molecule has 18 rings (SSSR count). The molecule has 0 radical (unpaired) electrons. The second kappa shape index (κ2) is 43.9. The minimum atomic E-state index is -0.554. The Hall–Kier alpha value is -12.3. The molecule has 0 saturated carbocycles. The topological polar surface area (TPSA) is 336 Å². The predicted octanol–water partition coefficient (Wildman–Crippen LogP) is 14.3. The van der Waals surface area contributed by atoms with E-state index >= 15 is 0 Å². The number of aromatic nitrogens is 6. The number of H-pyrrole nitrogens is 2. The van der Waals surface area contributed by atoms with Gasteiger partial charge in [0, 0.05) is 133 Å². The number of piperazine rings is 3. The van der Waals surface area contributed by atoms with Crippen molar-refractivity contribution in [3.05, 3.63) is 305 Å². The fourth-order valence-corrected chi connectivity index (χ4v) is 17.8. The quantitative estimate of drug-likeness (QED) is 0.0275. The summed E-state index contributed by atoms with van der Waals surface area (Å²) in [6.45, 7) is 20.5. The molecule has 0 spiro atoms. The lowest BCUT2D eigenvalue weighted by Crippen LogP contribution is -2.49. The molecule has 2 atom stereocenters. The van der Waals surface area contributed by atoms with E-state index in [0.717, 1.165) is 136 Å². The van der Waals surface area contributed by atoms with E-state index in [4.69, 9.17) is 41.7 Å². The molecule has 0 bridgehead atoms. The summed E-state index contributed by atoms with van der Waals surface area (Å²) in [7, 11) is 0. The first-order valence-corrected chi connectivity index (χ1v) is 44.5. The molecule has 5 aromatic heterocycles. The molecule has 6 fully saturated rings. The van der Waals surface area contributed by atoms with Gasteiger partial charge in [-0.05, 0) is 148 Å². The van der Waals surface area contributed by atoms with Gasteiger partial charge in [-0.2, -0.15) is 15.1 Å². The molecule has 6 aliphatic rings. The van der Waals surface area contributed by atoms with E-state index in [-0.39, 0.29) is 66.7 Å². The smallest absolute Gasteiger partial charge is 0.428 e. The Morgan fingerprint density at radius 3 is 1.63 bits per heavy atom. The highest BCUT2D eigenvalue weighted by Gasteiger charge is 2.36. The van der Waals surface area contributed by atoms with Crippen LogP contribution in [0.15, 0.2) is 244 Å². The van der Waals surface area contributed by atoms with Crippen LogP contribution < -0.4 is 47.1 Å². The van der Waals surface area contributed by atoms with Gasteiger partial charge in [0.05, 0.1) is 64.1 Å². The molecule has 125 heavy (non-hydrogen) atoms. The van der Waals surface area contributed by atoms with Crippen LogP contribution >= 0.6 is 50.2 Å². The van der Waals surface area contributed by atoms with Crippen LogP contribution in [0, 0.1) is 13.8 Å². The molecule has 0 aliphatic carbocycles. The first kappa shape index (κ1) is 89.0. The van der Waals surface area contributed by atoms with Crippen LogP contribution in [-0.2, 0) is 33.7 Å². The molecular weight excluding hydrogens is 1710 g/mol. The second-order valence-electron chi connectivity index (χ2n) is 30.5. The van der Waals surface area contributed by atoms with Crippen LogP contribution in [0.5, 0.6) is 0 Å². The number of furan rings is 1. The Balaban J connectivity index is 0.000000127. The van der Waals surface area contributed by atoms with E-state index in [9.17, 15) is 24.0 Å². The first-order chi connectivity index (χ1) is 60.9. The minimum absolute atomic E-state index is 0.0451. The molecule has 9 N–H and O–H groups in total. The number of urea groups is 1. The van der Waals surface area contributed by atoms with Crippen molar-refractivity contribution in [1.82, 2.24) is 66.0 Å². The number of thiophene rings is 2. The number of cyclic esters (lactones) is 1. The number of hydrogen-bond acceptors (Lipinski definition) is 23. The number of aryl methyl sites for hydroxylation is 2. The summed E-state index contributed by atoms with van der Waals surface area (Å²) in [6.07, 6.45) is -0.186. The van der Waals surface area contributed by atoms with Crippen LogP contribution in [0.4, 0.5) is 49.0 Å². The number of hydrazone groups is 1. The normalized spacial score (nSPS) is 16.8. The summed E-state index contributed by atoms with van der Waals surface area (Å²) in [4.78, 5) is 89.3. The van der Waals surface area contributed by atoms with E-state index in [1.807, 2.05) is 139 Å². The highest BCUT2D eigenvalue weighted by atomic mass is 79.9. The molecular formula is C92H102BrClN20O9S2. The number of nitrogen functional groups attached to an aromatic ring is 2. The third kappa shape index (κ3) is 24.6. The minimum Gasteiger partial charge on any atom is -0.444 e. The lowest BCUT2D eigenvalue weighted by Gasteiger charge is -2.39. The Labute approximate surface area is 747 Å². The number of carbonyl (C=O) groups excluding carboxylic acids is 5. The number of anilines is 6. The highest BCUT2D eigenvalue weighted by Crippen LogP contribution is 2.36. The summed E-state index contributed by atoms with van der Waals surface area (Å²) in [5.74, 6) is 2.17. The van der Waals surface area contributed by atoms with Crippen molar-refractivity contribution in [3.63, 3.8) is 0 Å². The van der Waals surface area contributed by atoms with Gasteiger partial charge in [0.2, 0.25) is 11.9 Å². The zero-order valence-corrected chi connectivity index (χ0v) is 73.8. The number of morpholine rings is 1. The third-order valence-corrected chi connectivity index (χ3v) is 24.7. The summed E-state index contributed by atoms with van der Waals surface area (Å²) in [6, 6.07) is 75.4. The van der Waals surface area contributed by atoms with E-state index in [2.05, 4.69) is 196 Å². The van der Waals surface area contributed by atoms with Gasteiger partial charge in [0.1, 0.15) is 24.4 Å². The number of halogens is 2. The average Bonchev–Trinajstić information content (AvgIpc) is 0.815. The van der Waals surface area contributed by atoms with Crippen LogP contribution in [0.2, 0.25) is 5.02 Å². The van der Waals surface area contributed by atoms with Gasteiger partial charge in [-0.15, -0.1) is 32.9 Å². The lowest BCUT2D eigenvalue weighted by atomic mass is 9.96. The predicted molar refractivity (Wildman–Crippen MR) is 493 cm³/mol. The maximum atomic E-state index is 12.7. The Kier molecular flexibility index (Phi) is 31.2. The average molecular weight is 1810 g/mol. The second-order valence-corrected chi connectivity index (χ2v) is 33.9. The largest absolute Gasteiger partial charge is 0.444 e. The molecule has 2 unspecified atom stereocenters. The van der Waals surface area contributed by atoms with Gasteiger partial charge in [0.15, 0.2) is 10.4 Å². The van der Waals surface area contributed by atoms with E-state index in [1.165, 1.54) is 32.7 Å². The molecule has 11 heterocycles. The summed E-state index contributed by atoms with van der Waals surface area (Å²) in [5.41, 5.74) is 25.2. The van der Waals surface area contributed by atoms with Gasteiger partial charge in [0.25, 0.3) is 11.8 Å². The van der Waals surface area contributed by atoms with Crippen molar-refractivity contribution < 1.29 is 42.6 Å². The molecule has 7 aromatic carbocycles. The SMILES string of the molecule is C/C(=N\NC(=O)OCc1ccccc1)c1cc(C)cs1.Cc1ccc(C(=O)N2CCN(C(c3ccccc3)c3ccccc3)CC2)s1.Nc1n[nH]c(CC2CN(c3ccc(N4CCNCC4)c(Cl)c3)C(=O)N2)n1.Nc1n[nH]c(CC2CN(c3ccc(N4CCOCC4)cc3)C(=O)O2)n1.O=C(c1ccc(Br)o1)N1CCN(C(c2ccccc2)c2ccccc2)CC1. The number of benzene rings is 7. The number of amides is 6. The Bertz CT molecular complexity index is 5260. The monoisotopic (exact) mass is 1810 g/mol. The van der Waals surface area contributed by atoms with Crippen LogP contribution in [-0.4, -0.2) is 216 Å². The molecule has 12 aromatic rings. The fourth-order valence-electron chi connectivity index (χ4n) is 15.5. The van der Waals surface area contributed by atoms with E-state index < -0.39 is 6.09 Å². The highest BCUT2D eigenvalue weighted by molar-refractivity contribution is 9.10.